The van der Waals surface area contributed by atoms with Gasteiger partial charge in [-0.15, -0.1) is 11.3 Å². The van der Waals surface area contributed by atoms with E-state index in [9.17, 15) is 13.2 Å². The van der Waals surface area contributed by atoms with E-state index < -0.39 is 10.0 Å². The second-order valence-corrected chi connectivity index (χ2v) is 10.8. The number of amides is 1. The quantitative estimate of drug-likeness (QED) is 0.631. The molecule has 0 bridgehead atoms. The summed E-state index contributed by atoms with van der Waals surface area (Å²) in [7, 11) is -1.92. The van der Waals surface area contributed by atoms with Crippen LogP contribution in [0.1, 0.15) is 28.1 Å². The fourth-order valence-electron chi connectivity index (χ4n) is 4.12. The molecule has 1 amide bonds. The Labute approximate surface area is 188 Å². The summed E-state index contributed by atoms with van der Waals surface area (Å²) in [5.74, 6) is 0.693. The van der Waals surface area contributed by atoms with Crippen LogP contribution in [0.4, 0.5) is 0 Å². The monoisotopic (exact) mass is 463 g/mol. The molecule has 4 rings (SSSR count). The first-order valence-corrected chi connectivity index (χ1v) is 13.0. The number of hydrogen-bond donors (Lipinski definition) is 0. The van der Waals surface area contributed by atoms with Crippen LogP contribution in [0.25, 0.3) is 0 Å². The van der Waals surface area contributed by atoms with Crippen LogP contribution in [0.15, 0.2) is 40.6 Å². The number of ether oxygens (including phenoxy) is 1. The Kier molecular flexibility index (Phi) is 6.95. The summed E-state index contributed by atoms with van der Waals surface area (Å²) in [6.07, 6.45) is 2.71. The van der Waals surface area contributed by atoms with Crippen LogP contribution in [0, 0.1) is 0 Å². The first-order valence-electron chi connectivity index (χ1n) is 10.7. The molecular weight excluding hydrogens is 434 g/mol. The Hall–Kier alpha value is -1.94. The number of methoxy groups -OCH3 is 1. The predicted molar refractivity (Wildman–Crippen MR) is 121 cm³/mol. The van der Waals surface area contributed by atoms with E-state index in [-0.39, 0.29) is 10.8 Å². The molecular formula is C22H29N3O4S2. The number of piperazine rings is 1. The molecule has 3 heterocycles. The van der Waals surface area contributed by atoms with Gasteiger partial charge in [-0.3, -0.25) is 9.69 Å². The summed E-state index contributed by atoms with van der Waals surface area (Å²) >= 11 is 1.23. The van der Waals surface area contributed by atoms with E-state index >= 15 is 0 Å². The van der Waals surface area contributed by atoms with Gasteiger partial charge < -0.3 is 9.64 Å². The maximum absolute atomic E-state index is 13.1. The van der Waals surface area contributed by atoms with Crippen LogP contribution in [0.2, 0.25) is 0 Å². The van der Waals surface area contributed by atoms with Crippen molar-refractivity contribution in [1.82, 2.24) is 14.1 Å². The number of benzene rings is 1. The zero-order valence-corrected chi connectivity index (χ0v) is 19.5. The maximum atomic E-state index is 13.1. The molecule has 0 saturated carbocycles. The molecule has 2 aliphatic rings. The van der Waals surface area contributed by atoms with Crippen molar-refractivity contribution in [3.63, 3.8) is 0 Å². The normalized spacial score (nSPS) is 18.4. The lowest BCUT2D eigenvalue weighted by Gasteiger charge is -2.34. The van der Waals surface area contributed by atoms with Crippen molar-refractivity contribution in [3.05, 3.63) is 46.2 Å². The second kappa shape index (κ2) is 9.68. The number of rotatable bonds is 7. The summed E-state index contributed by atoms with van der Waals surface area (Å²) in [6, 6.07) is 9.69. The second-order valence-electron chi connectivity index (χ2n) is 7.96. The van der Waals surface area contributed by atoms with Crippen LogP contribution >= 0.6 is 11.3 Å². The fraction of sp³-hybridized carbons (Fsp3) is 0.500. The smallest absolute Gasteiger partial charge is 0.265 e. The van der Waals surface area contributed by atoms with Gasteiger partial charge in [0.2, 0.25) is 10.0 Å². The first-order chi connectivity index (χ1) is 15.0. The Bertz CT molecular complexity index is 990. The Morgan fingerprint density at radius 3 is 2.32 bits per heavy atom. The molecule has 2 saturated heterocycles. The minimum atomic E-state index is -3.59. The van der Waals surface area contributed by atoms with Crippen LogP contribution in [-0.4, -0.2) is 81.4 Å². The number of thiophene rings is 1. The van der Waals surface area contributed by atoms with Gasteiger partial charge in [0.25, 0.3) is 5.91 Å². The highest BCUT2D eigenvalue weighted by Gasteiger charge is 2.33. The van der Waals surface area contributed by atoms with Crippen LogP contribution < -0.4 is 4.74 Å². The Morgan fingerprint density at radius 1 is 1.00 bits per heavy atom. The van der Waals surface area contributed by atoms with E-state index in [1.165, 1.54) is 21.2 Å². The third-order valence-corrected chi connectivity index (χ3v) is 9.01. The van der Waals surface area contributed by atoms with Gasteiger partial charge in [-0.25, -0.2) is 8.42 Å². The highest BCUT2D eigenvalue weighted by molar-refractivity contribution is 7.89. The highest BCUT2D eigenvalue weighted by Crippen LogP contribution is 2.29. The molecule has 9 heteroatoms. The summed E-state index contributed by atoms with van der Waals surface area (Å²) in [4.78, 5) is 17.8. The SMILES string of the molecule is COc1ccc(CCN2CCN(C(=O)c3sccc3S(=O)(=O)N3CCCC3)CC2)cc1. The molecule has 0 unspecified atom stereocenters. The standard InChI is InChI=1S/C22H29N3O4S2/c1-29-19-6-4-18(5-7-19)8-12-23-13-15-24(16-14-23)22(26)21-20(9-17-30-21)31(27,28)25-10-2-3-11-25/h4-7,9,17H,2-3,8,10-16H2,1H3. The van der Waals surface area contributed by atoms with Crippen molar-refractivity contribution in [1.29, 1.82) is 0 Å². The fourth-order valence-corrected chi connectivity index (χ4v) is 7.00. The lowest BCUT2D eigenvalue weighted by molar-refractivity contribution is 0.0640. The zero-order valence-electron chi connectivity index (χ0n) is 17.8. The zero-order chi connectivity index (χ0) is 21.8. The summed E-state index contributed by atoms with van der Waals surface area (Å²) in [6.45, 7) is 4.83. The van der Waals surface area contributed by atoms with Gasteiger partial charge >= 0.3 is 0 Å². The van der Waals surface area contributed by atoms with E-state index in [1.54, 1.807) is 23.5 Å². The number of sulfonamides is 1. The lowest BCUT2D eigenvalue weighted by atomic mass is 10.1. The van der Waals surface area contributed by atoms with E-state index in [0.717, 1.165) is 44.6 Å². The van der Waals surface area contributed by atoms with Crippen molar-refractivity contribution in [2.45, 2.75) is 24.2 Å². The van der Waals surface area contributed by atoms with Crippen LogP contribution in [0.5, 0.6) is 5.75 Å². The molecule has 1 aromatic heterocycles. The molecule has 2 aliphatic heterocycles. The number of carbonyl (C=O) groups excluding carboxylic acids is 1. The predicted octanol–water partition coefficient (Wildman–Crippen LogP) is 2.54. The molecule has 31 heavy (non-hydrogen) atoms. The van der Waals surface area contributed by atoms with Gasteiger partial charge in [-0.1, -0.05) is 12.1 Å². The van der Waals surface area contributed by atoms with Crippen molar-refractivity contribution >= 4 is 27.3 Å². The van der Waals surface area contributed by atoms with Gasteiger partial charge in [0.1, 0.15) is 15.5 Å². The number of carbonyl (C=O) groups is 1. The largest absolute Gasteiger partial charge is 0.497 e. The van der Waals surface area contributed by atoms with Gasteiger partial charge in [0, 0.05) is 45.8 Å². The third-order valence-electron chi connectivity index (χ3n) is 6.04. The third kappa shape index (κ3) is 4.95. The van der Waals surface area contributed by atoms with Gasteiger partial charge in [-0.05, 0) is 48.4 Å². The van der Waals surface area contributed by atoms with Gasteiger partial charge in [-0.2, -0.15) is 4.31 Å². The summed E-state index contributed by atoms with van der Waals surface area (Å²) in [5.41, 5.74) is 1.26. The molecule has 0 aliphatic carbocycles. The molecule has 2 aromatic rings. The highest BCUT2D eigenvalue weighted by atomic mass is 32.2. The van der Waals surface area contributed by atoms with Crippen molar-refractivity contribution < 1.29 is 17.9 Å². The van der Waals surface area contributed by atoms with Crippen molar-refractivity contribution in [3.8, 4) is 5.75 Å². The first kappa shape index (κ1) is 22.3. The number of nitrogens with zero attached hydrogens (tertiary/aromatic N) is 3. The van der Waals surface area contributed by atoms with Crippen LogP contribution in [-0.2, 0) is 16.4 Å². The van der Waals surface area contributed by atoms with Crippen LogP contribution in [0.3, 0.4) is 0 Å². The number of hydrogen-bond acceptors (Lipinski definition) is 6. The van der Waals surface area contributed by atoms with E-state index in [4.69, 9.17) is 4.74 Å². The molecule has 168 valence electrons. The minimum Gasteiger partial charge on any atom is -0.497 e. The lowest BCUT2D eigenvalue weighted by Crippen LogP contribution is -2.49. The molecule has 0 N–H and O–H groups in total. The molecule has 7 nitrogen and oxygen atoms in total. The maximum Gasteiger partial charge on any atom is 0.265 e. The topological polar surface area (TPSA) is 70.2 Å². The average Bonchev–Trinajstić information content (AvgIpc) is 3.51. The van der Waals surface area contributed by atoms with E-state index in [1.807, 2.05) is 12.1 Å². The summed E-state index contributed by atoms with van der Waals surface area (Å²) < 4.78 is 32.6. The van der Waals surface area contributed by atoms with Crippen molar-refractivity contribution in [2.24, 2.45) is 0 Å². The molecule has 0 spiro atoms. The molecule has 1 aromatic carbocycles. The Morgan fingerprint density at radius 2 is 1.68 bits per heavy atom. The van der Waals surface area contributed by atoms with E-state index in [2.05, 4.69) is 17.0 Å². The summed E-state index contributed by atoms with van der Waals surface area (Å²) in [5, 5.41) is 1.71. The van der Waals surface area contributed by atoms with Gasteiger partial charge in [0.05, 0.1) is 7.11 Å². The van der Waals surface area contributed by atoms with Gasteiger partial charge in [0.15, 0.2) is 0 Å². The minimum absolute atomic E-state index is 0.164. The average molecular weight is 464 g/mol. The molecule has 0 radical (unpaired) electrons. The van der Waals surface area contributed by atoms with Crippen molar-refractivity contribution in [2.75, 3.05) is 52.9 Å². The Balaban J connectivity index is 1.33. The molecule has 2 fully saturated rings. The van der Waals surface area contributed by atoms with E-state index in [0.29, 0.717) is 31.1 Å². The molecule has 0 atom stereocenters.